The number of hydrogen-bond donors (Lipinski definition) is 2. The minimum Gasteiger partial charge on any atom is -0.329 e. The molecule has 3 nitrogen and oxygen atoms in total. The second kappa shape index (κ2) is 6.17. The number of nitrogens with one attached hydrogen (secondary N) is 1. The molecule has 1 aliphatic heterocycles. The summed E-state index contributed by atoms with van der Waals surface area (Å²) in [4.78, 5) is 0. The molecule has 0 saturated carbocycles. The van der Waals surface area contributed by atoms with Crippen LogP contribution in [0, 0.1) is 5.41 Å². The number of nitrogens with two attached hydrogens (primary N) is 1. The third-order valence-corrected chi connectivity index (χ3v) is 3.67. The molecule has 1 saturated heterocycles. The lowest BCUT2D eigenvalue weighted by atomic mass is 9.88. The molecule has 0 amide bonds. The van der Waals surface area contributed by atoms with Crippen LogP contribution in [-0.2, 0) is 0 Å². The number of nitrogens with zero attached hydrogens (tertiary/aromatic N) is 1. The third-order valence-electron chi connectivity index (χ3n) is 3.67. The summed E-state index contributed by atoms with van der Waals surface area (Å²) in [6, 6.07) is 1.67. The van der Waals surface area contributed by atoms with Crippen molar-refractivity contribution >= 4 is 0 Å². The molecule has 0 aliphatic carbocycles. The summed E-state index contributed by atoms with van der Waals surface area (Å²) in [5.74, 6) is 0. The van der Waals surface area contributed by atoms with Crippen LogP contribution in [0.15, 0.2) is 0 Å². The Bertz CT molecular complexity index is 212. The number of piperidine rings is 1. The Morgan fingerprint density at radius 1 is 1.24 bits per heavy atom. The highest BCUT2D eigenvalue weighted by atomic mass is 15.5. The van der Waals surface area contributed by atoms with Crippen molar-refractivity contribution in [3.63, 3.8) is 0 Å². The fraction of sp³-hybridized carbons (Fsp3) is 1.00. The quantitative estimate of drug-likeness (QED) is 0.794. The highest BCUT2D eigenvalue weighted by Crippen LogP contribution is 2.24. The van der Waals surface area contributed by atoms with Gasteiger partial charge < -0.3 is 5.73 Å². The first-order chi connectivity index (χ1) is 7.83. The number of hydrogen-bond acceptors (Lipinski definition) is 3. The van der Waals surface area contributed by atoms with E-state index in [0.29, 0.717) is 30.1 Å². The lowest BCUT2D eigenvalue weighted by molar-refractivity contribution is 0.0238. The Kier molecular flexibility index (Phi) is 5.42. The zero-order valence-electron chi connectivity index (χ0n) is 12.3. The van der Waals surface area contributed by atoms with Gasteiger partial charge in [-0.2, -0.15) is 0 Å². The molecule has 102 valence electrons. The van der Waals surface area contributed by atoms with Gasteiger partial charge in [0, 0.05) is 24.7 Å². The molecule has 0 aromatic heterocycles. The van der Waals surface area contributed by atoms with Gasteiger partial charge in [0.15, 0.2) is 0 Å². The standard InChI is InChI=1S/C14H31N3/c1-11-7-6-8-12(2)17(11)16-13(10-15)9-14(3,4)5/h11-13,16H,6-10,15H2,1-5H3. The number of hydrazine groups is 1. The van der Waals surface area contributed by atoms with Crippen LogP contribution in [0.2, 0.25) is 0 Å². The van der Waals surface area contributed by atoms with Crippen LogP contribution < -0.4 is 11.2 Å². The van der Waals surface area contributed by atoms with E-state index in [4.69, 9.17) is 5.73 Å². The average molecular weight is 241 g/mol. The van der Waals surface area contributed by atoms with Crippen LogP contribution >= 0.6 is 0 Å². The zero-order valence-corrected chi connectivity index (χ0v) is 12.3. The molecular formula is C14H31N3. The van der Waals surface area contributed by atoms with Gasteiger partial charge in [-0.25, -0.2) is 5.01 Å². The van der Waals surface area contributed by atoms with Crippen molar-refractivity contribution in [3.8, 4) is 0 Å². The summed E-state index contributed by atoms with van der Waals surface area (Å²) in [5.41, 5.74) is 9.90. The predicted octanol–water partition coefficient (Wildman–Crippen LogP) is 2.52. The van der Waals surface area contributed by atoms with E-state index in [9.17, 15) is 0 Å². The predicted molar refractivity (Wildman–Crippen MR) is 74.7 cm³/mol. The molecule has 0 radical (unpaired) electrons. The number of rotatable bonds is 4. The van der Waals surface area contributed by atoms with Crippen LogP contribution in [0.5, 0.6) is 0 Å². The fourth-order valence-corrected chi connectivity index (χ4v) is 2.81. The zero-order chi connectivity index (χ0) is 13.1. The minimum absolute atomic E-state index is 0.333. The van der Waals surface area contributed by atoms with Gasteiger partial charge in [-0.1, -0.05) is 27.2 Å². The van der Waals surface area contributed by atoms with E-state index in [1.165, 1.54) is 19.3 Å². The summed E-state index contributed by atoms with van der Waals surface area (Å²) in [6.07, 6.45) is 5.07. The molecule has 1 fully saturated rings. The molecule has 1 heterocycles. The van der Waals surface area contributed by atoms with Crippen LogP contribution in [0.3, 0.4) is 0 Å². The first-order valence-corrected chi connectivity index (χ1v) is 7.08. The van der Waals surface area contributed by atoms with Crippen LogP contribution in [-0.4, -0.2) is 29.7 Å². The van der Waals surface area contributed by atoms with Gasteiger partial charge in [0.1, 0.15) is 0 Å². The van der Waals surface area contributed by atoms with Gasteiger partial charge in [-0.15, -0.1) is 0 Å². The van der Waals surface area contributed by atoms with Gasteiger partial charge in [-0.05, 0) is 38.5 Å². The van der Waals surface area contributed by atoms with E-state index in [0.717, 1.165) is 6.42 Å². The van der Waals surface area contributed by atoms with Gasteiger partial charge in [-0.3, -0.25) is 5.43 Å². The molecule has 1 rings (SSSR count). The first kappa shape index (κ1) is 14.9. The Morgan fingerprint density at radius 2 is 1.76 bits per heavy atom. The van der Waals surface area contributed by atoms with Crippen molar-refractivity contribution < 1.29 is 0 Å². The van der Waals surface area contributed by atoms with Gasteiger partial charge >= 0.3 is 0 Å². The van der Waals surface area contributed by atoms with Gasteiger partial charge in [0.25, 0.3) is 0 Å². The Hall–Kier alpha value is -0.120. The van der Waals surface area contributed by atoms with Gasteiger partial charge in [0.05, 0.1) is 0 Å². The van der Waals surface area contributed by atoms with Crippen LogP contribution in [0.4, 0.5) is 0 Å². The minimum atomic E-state index is 0.333. The summed E-state index contributed by atoms with van der Waals surface area (Å²) < 4.78 is 0. The third kappa shape index (κ3) is 4.94. The van der Waals surface area contributed by atoms with Crippen molar-refractivity contribution in [3.05, 3.63) is 0 Å². The molecule has 1 aliphatic rings. The normalized spacial score (nSPS) is 29.3. The maximum absolute atomic E-state index is 5.90. The molecule has 3 unspecified atom stereocenters. The maximum Gasteiger partial charge on any atom is 0.0343 e. The molecule has 0 bridgehead atoms. The maximum atomic E-state index is 5.90. The lowest BCUT2D eigenvalue weighted by Crippen LogP contribution is -2.57. The van der Waals surface area contributed by atoms with E-state index < -0.39 is 0 Å². The van der Waals surface area contributed by atoms with E-state index >= 15 is 0 Å². The van der Waals surface area contributed by atoms with Gasteiger partial charge in [0.2, 0.25) is 0 Å². The lowest BCUT2D eigenvalue weighted by Gasteiger charge is -2.42. The van der Waals surface area contributed by atoms with Crippen LogP contribution in [0.1, 0.15) is 60.3 Å². The second-order valence-electron chi connectivity index (χ2n) is 6.86. The van der Waals surface area contributed by atoms with Crippen molar-refractivity contribution in [1.29, 1.82) is 0 Å². The molecule has 0 spiro atoms. The largest absolute Gasteiger partial charge is 0.329 e. The molecule has 0 aromatic rings. The summed E-state index contributed by atoms with van der Waals surface area (Å²) in [5, 5.41) is 2.44. The second-order valence-corrected chi connectivity index (χ2v) is 6.86. The molecular weight excluding hydrogens is 210 g/mol. The van der Waals surface area contributed by atoms with Crippen molar-refractivity contribution in [1.82, 2.24) is 10.4 Å². The smallest absolute Gasteiger partial charge is 0.0343 e. The van der Waals surface area contributed by atoms with E-state index in [1.807, 2.05) is 0 Å². The molecule has 3 atom stereocenters. The molecule has 3 heteroatoms. The highest BCUT2D eigenvalue weighted by Gasteiger charge is 2.27. The Labute approximate surface area is 107 Å². The average Bonchev–Trinajstić information content (AvgIpc) is 2.20. The highest BCUT2D eigenvalue weighted by molar-refractivity contribution is 4.81. The SMILES string of the molecule is CC1CCCC(C)N1NC(CN)CC(C)(C)C. The summed E-state index contributed by atoms with van der Waals surface area (Å²) in [6.45, 7) is 12.2. The summed E-state index contributed by atoms with van der Waals surface area (Å²) in [7, 11) is 0. The first-order valence-electron chi connectivity index (χ1n) is 7.08. The van der Waals surface area contributed by atoms with Crippen molar-refractivity contribution in [2.45, 2.75) is 78.4 Å². The van der Waals surface area contributed by atoms with Crippen molar-refractivity contribution in [2.75, 3.05) is 6.54 Å². The Morgan fingerprint density at radius 3 is 2.18 bits per heavy atom. The van der Waals surface area contributed by atoms with Crippen LogP contribution in [0.25, 0.3) is 0 Å². The molecule has 0 aromatic carbocycles. The van der Waals surface area contributed by atoms with E-state index in [-0.39, 0.29) is 0 Å². The Balaban J connectivity index is 2.54. The van der Waals surface area contributed by atoms with E-state index in [1.54, 1.807) is 0 Å². The molecule has 3 N–H and O–H groups in total. The monoisotopic (exact) mass is 241 g/mol. The topological polar surface area (TPSA) is 41.3 Å². The summed E-state index contributed by atoms with van der Waals surface area (Å²) >= 11 is 0. The molecule has 17 heavy (non-hydrogen) atoms. The van der Waals surface area contributed by atoms with E-state index in [2.05, 4.69) is 45.1 Å². The fourth-order valence-electron chi connectivity index (χ4n) is 2.81. The van der Waals surface area contributed by atoms with Crippen molar-refractivity contribution in [2.24, 2.45) is 11.1 Å².